The summed E-state index contributed by atoms with van der Waals surface area (Å²) in [7, 11) is 0. The Bertz CT molecular complexity index is 1320. The van der Waals surface area contributed by atoms with E-state index < -0.39 is 0 Å². The molecule has 4 aromatic rings. The van der Waals surface area contributed by atoms with Crippen LogP contribution in [0.1, 0.15) is 31.4 Å². The zero-order valence-corrected chi connectivity index (χ0v) is 20.0. The van der Waals surface area contributed by atoms with Crippen LogP contribution in [0.4, 0.5) is 5.82 Å². The molecule has 3 aliphatic rings. The van der Waals surface area contributed by atoms with Crippen molar-refractivity contribution in [2.75, 3.05) is 18.0 Å². The third kappa shape index (κ3) is 4.00. The molecule has 7 rings (SSSR count). The molecule has 0 radical (unpaired) electrons. The van der Waals surface area contributed by atoms with Crippen LogP contribution in [-0.4, -0.2) is 49.7 Å². The van der Waals surface area contributed by atoms with Gasteiger partial charge in [-0.25, -0.2) is 14.5 Å². The standard InChI is InChI=1S/C24H20ClN7.C2H6/c25-21-15-32-24(18(9-26)11-28-32)23(29-21)17-6-7-22(27-10-17)30-13-19-8-20(14-30)31(19)12-16-4-2-1-3-5-16;1-2/h1-7,10-11,15,19-20H,8,12-14H2;1-2H3. The number of hydrogen-bond acceptors (Lipinski definition) is 6. The molecule has 0 aliphatic carbocycles. The van der Waals surface area contributed by atoms with Crippen LogP contribution in [0.15, 0.2) is 61.1 Å². The van der Waals surface area contributed by atoms with Gasteiger partial charge in [0.1, 0.15) is 33.8 Å². The van der Waals surface area contributed by atoms with E-state index in [-0.39, 0.29) is 0 Å². The molecule has 0 amide bonds. The Kier molecular flexibility index (Phi) is 6.18. The van der Waals surface area contributed by atoms with Crippen LogP contribution in [0.3, 0.4) is 0 Å². The molecular weight excluding hydrogens is 446 g/mol. The molecule has 6 heterocycles. The van der Waals surface area contributed by atoms with Crippen molar-refractivity contribution in [1.82, 2.24) is 24.5 Å². The maximum absolute atomic E-state index is 9.43. The number of nitrogens with zero attached hydrogens (tertiary/aromatic N) is 7. The SMILES string of the molecule is CC.N#Cc1cnn2cc(Cl)nc(-c3ccc(N4CC5CC(C4)N5Cc4ccccc4)nc3)c12. The van der Waals surface area contributed by atoms with Gasteiger partial charge in [0, 0.05) is 43.5 Å². The monoisotopic (exact) mass is 471 g/mol. The molecule has 0 saturated carbocycles. The lowest BCUT2D eigenvalue weighted by atomic mass is 9.86. The molecule has 2 bridgehead atoms. The van der Waals surface area contributed by atoms with E-state index >= 15 is 0 Å². The lowest BCUT2D eigenvalue weighted by Gasteiger charge is -2.56. The summed E-state index contributed by atoms with van der Waals surface area (Å²) in [4.78, 5) is 14.2. The summed E-state index contributed by atoms with van der Waals surface area (Å²) < 4.78 is 1.59. The summed E-state index contributed by atoms with van der Waals surface area (Å²) in [6.07, 6.45) is 6.19. The van der Waals surface area contributed by atoms with Gasteiger partial charge in [-0.2, -0.15) is 10.4 Å². The fraction of sp³-hybridized carbons (Fsp3) is 0.308. The van der Waals surface area contributed by atoms with Crippen molar-refractivity contribution in [2.45, 2.75) is 38.9 Å². The smallest absolute Gasteiger partial charge is 0.148 e. The van der Waals surface area contributed by atoms with E-state index in [1.54, 1.807) is 10.7 Å². The molecule has 3 saturated heterocycles. The molecule has 172 valence electrons. The number of rotatable bonds is 4. The first-order valence-electron chi connectivity index (χ1n) is 11.6. The number of fused-ring (bicyclic) bond motifs is 3. The maximum Gasteiger partial charge on any atom is 0.148 e. The number of halogens is 1. The van der Waals surface area contributed by atoms with Gasteiger partial charge in [0.2, 0.25) is 0 Å². The van der Waals surface area contributed by atoms with E-state index in [9.17, 15) is 5.26 Å². The second-order valence-electron chi connectivity index (χ2n) is 8.39. The maximum atomic E-state index is 9.43. The van der Waals surface area contributed by atoms with Gasteiger partial charge < -0.3 is 4.90 Å². The van der Waals surface area contributed by atoms with Crippen molar-refractivity contribution in [3.8, 4) is 17.3 Å². The number of nitriles is 1. The summed E-state index contributed by atoms with van der Waals surface area (Å²) in [5, 5.41) is 14.0. The minimum absolute atomic E-state index is 0.318. The van der Waals surface area contributed by atoms with Crippen molar-refractivity contribution in [1.29, 1.82) is 5.26 Å². The normalized spacial score (nSPS) is 19.2. The molecule has 3 aliphatic heterocycles. The molecule has 0 N–H and O–H groups in total. The minimum atomic E-state index is 0.318. The van der Waals surface area contributed by atoms with Crippen LogP contribution in [-0.2, 0) is 6.54 Å². The molecule has 3 fully saturated rings. The summed E-state index contributed by atoms with van der Waals surface area (Å²) in [6, 6.07) is 18.0. The summed E-state index contributed by atoms with van der Waals surface area (Å²) in [5.74, 6) is 0.967. The third-order valence-electron chi connectivity index (χ3n) is 6.49. The number of hydrogen-bond donors (Lipinski definition) is 0. The number of benzene rings is 1. The van der Waals surface area contributed by atoms with Gasteiger partial charge >= 0.3 is 0 Å². The molecule has 1 aromatic carbocycles. The van der Waals surface area contributed by atoms with Crippen LogP contribution in [0.2, 0.25) is 5.15 Å². The fourth-order valence-corrected chi connectivity index (χ4v) is 5.09. The third-order valence-corrected chi connectivity index (χ3v) is 6.67. The predicted molar refractivity (Wildman–Crippen MR) is 134 cm³/mol. The highest BCUT2D eigenvalue weighted by molar-refractivity contribution is 6.29. The van der Waals surface area contributed by atoms with Crippen LogP contribution in [0.5, 0.6) is 0 Å². The Morgan fingerprint density at radius 3 is 2.50 bits per heavy atom. The average Bonchev–Trinajstić information content (AvgIpc) is 3.31. The van der Waals surface area contributed by atoms with Gasteiger partial charge in [-0.05, 0) is 24.1 Å². The lowest BCUT2D eigenvalue weighted by molar-refractivity contribution is -0.00867. The number of piperazine rings is 1. The molecule has 2 atom stereocenters. The number of anilines is 1. The van der Waals surface area contributed by atoms with Gasteiger partial charge in [-0.1, -0.05) is 55.8 Å². The van der Waals surface area contributed by atoms with Crippen LogP contribution in [0.25, 0.3) is 16.8 Å². The first kappa shape index (κ1) is 22.3. The highest BCUT2D eigenvalue weighted by Crippen LogP contribution is 2.36. The molecule has 8 heteroatoms. The Labute approximate surface area is 204 Å². The van der Waals surface area contributed by atoms with Crippen molar-refractivity contribution in [3.05, 3.63) is 77.3 Å². The molecular formula is C26H26ClN7. The second kappa shape index (κ2) is 9.41. The van der Waals surface area contributed by atoms with Crippen LogP contribution in [0, 0.1) is 11.3 Å². The van der Waals surface area contributed by atoms with Gasteiger partial charge in [0.05, 0.1) is 12.4 Å². The van der Waals surface area contributed by atoms with Gasteiger partial charge in [-0.15, -0.1) is 0 Å². The largest absolute Gasteiger partial charge is 0.353 e. The van der Waals surface area contributed by atoms with E-state index in [4.69, 9.17) is 16.6 Å². The first-order valence-corrected chi connectivity index (χ1v) is 12.0. The molecule has 2 unspecified atom stereocenters. The summed E-state index contributed by atoms with van der Waals surface area (Å²) >= 11 is 6.18. The lowest BCUT2D eigenvalue weighted by Crippen LogP contribution is -2.68. The van der Waals surface area contributed by atoms with Crippen LogP contribution < -0.4 is 4.90 Å². The molecule has 0 spiro atoms. The molecule has 34 heavy (non-hydrogen) atoms. The van der Waals surface area contributed by atoms with Crippen LogP contribution >= 0.6 is 11.6 Å². The van der Waals surface area contributed by atoms with E-state index in [2.05, 4.69) is 56.3 Å². The van der Waals surface area contributed by atoms with Crippen molar-refractivity contribution in [2.24, 2.45) is 0 Å². The highest BCUT2D eigenvalue weighted by Gasteiger charge is 2.44. The van der Waals surface area contributed by atoms with E-state index in [0.29, 0.717) is 34.0 Å². The van der Waals surface area contributed by atoms with E-state index in [0.717, 1.165) is 31.0 Å². The fourth-order valence-electron chi connectivity index (χ4n) is 4.91. The Hall–Kier alpha value is -3.47. The summed E-state index contributed by atoms with van der Waals surface area (Å²) in [5.41, 5.74) is 3.90. The number of pyridine rings is 1. The van der Waals surface area contributed by atoms with Gasteiger partial charge in [0.15, 0.2) is 0 Å². The highest BCUT2D eigenvalue weighted by atomic mass is 35.5. The predicted octanol–water partition coefficient (Wildman–Crippen LogP) is 4.81. The molecule has 7 nitrogen and oxygen atoms in total. The van der Waals surface area contributed by atoms with Crippen molar-refractivity contribution >= 4 is 22.9 Å². The summed E-state index contributed by atoms with van der Waals surface area (Å²) in [6.45, 7) is 6.98. The minimum Gasteiger partial charge on any atom is -0.353 e. The Morgan fingerprint density at radius 1 is 1.06 bits per heavy atom. The van der Waals surface area contributed by atoms with Crippen molar-refractivity contribution < 1.29 is 0 Å². The first-order chi connectivity index (χ1) is 16.7. The topological polar surface area (TPSA) is 73.4 Å². The quantitative estimate of drug-likeness (QED) is 0.425. The van der Waals surface area contributed by atoms with E-state index in [1.165, 1.54) is 18.2 Å². The molecule has 3 aromatic heterocycles. The number of piperidine rings is 1. The number of aromatic nitrogens is 4. The van der Waals surface area contributed by atoms with Crippen molar-refractivity contribution in [3.63, 3.8) is 0 Å². The van der Waals surface area contributed by atoms with Gasteiger partial charge in [-0.3, -0.25) is 4.90 Å². The Balaban J connectivity index is 0.00000117. The zero-order chi connectivity index (χ0) is 23.7. The average molecular weight is 472 g/mol. The Morgan fingerprint density at radius 2 is 1.82 bits per heavy atom. The van der Waals surface area contributed by atoms with Gasteiger partial charge in [0.25, 0.3) is 0 Å². The second-order valence-corrected chi connectivity index (χ2v) is 8.77. The zero-order valence-electron chi connectivity index (χ0n) is 19.3. The van der Waals surface area contributed by atoms with E-state index in [1.807, 2.05) is 32.2 Å².